The molecule has 0 bridgehead atoms. The molecule has 0 spiro atoms. The van der Waals surface area contributed by atoms with Crippen molar-refractivity contribution in [3.05, 3.63) is 60.0 Å². The van der Waals surface area contributed by atoms with E-state index in [9.17, 15) is 18.0 Å². The zero-order chi connectivity index (χ0) is 22.7. The van der Waals surface area contributed by atoms with Crippen LogP contribution in [-0.2, 0) is 6.18 Å². The van der Waals surface area contributed by atoms with Crippen LogP contribution >= 0.6 is 0 Å². The number of nitrogens with zero attached hydrogens (tertiary/aromatic N) is 3. The van der Waals surface area contributed by atoms with Crippen LogP contribution in [0.3, 0.4) is 0 Å². The number of benzene rings is 2. The summed E-state index contributed by atoms with van der Waals surface area (Å²) in [6, 6.07) is 11.5. The highest BCUT2D eigenvalue weighted by Gasteiger charge is 2.35. The quantitative estimate of drug-likeness (QED) is 0.598. The largest absolute Gasteiger partial charge is 0.497 e. The number of alkyl halides is 3. The molecule has 4 rings (SSSR count). The van der Waals surface area contributed by atoms with Gasteiger partial charge in [-0.05, 0) is 37.1 Å². The van der Waals surface area contributed by atoms with Crippen LogP contribution in [0.4, 0.5) is 23.7 Å². The van der Waals surface area contributed by atoms with Crippen LogP contribution < -0.4 is 10.1 Å². The normalized spacial score (nSPS) is 16.6. The second-order valence-corrected chi connectivity index (χ2v) is 7.45. The second kappa shape index (κ2) is 8.89. The van der Waals surface area contributed by atoms with Crippen molar-refractivity contribution in [1.82, 2.24) is 15.0 Å². The maximum atomic E-state index is 13.2. The Hall–Kier alpha value is -3.56. The van der Waals surface area contributed by atoms with Crippen molar-refractivity contribution in [2.75, 3.05) is 25.5 Å². The van der Waals surface area contributed by atoms with Gasteiger partial charge in [0, 0.05) is 18.7 Å². The molecule has 2 amide bonds. The molecule has 2 heterocycles. The molecular formula is C22H21F3N4O3. The Kier molecular flexibility index (Phi) is 6.02. The average molecular weight is 446 g/mol. The van der Waals surface area contributed by atoms with Gasteiger partial charge in [-0.15, -0.1) is 0 Å². The number of ether oxygens (including phenoxy) is 1. The van der Waals surface area contributed by atoms with E-state index in [2.05, 4.69) is 15.5 Å². The van der Waals surface area contributed by atoms with E-state index >= 15 is 0 Å². The van der Waals surface area contributed by atoms with Crippen molar-refractivity contribution in [2.45, 2.75) is 24.9 Å². The third-order valence-corrected chi connectivity index (χ3v) is 5.30. The summed E-state index contributed by atoms with van der Waals surface area (Å²) in [7, 11) is 1.57. The van der Waals surface area contributed by atoms with Gasteiger partial charge in [0.2, 0.25) is 11.7 Å². The highest BCUT2D eigenvalue weighted by Crippen LogP contribution is 2.35. The van der Waals surface area contributed by atoms with Crippen molar-refractivity contribution in [3.8, 4) is 17.1 Å². The number of carbonyl (C=O) groups is 1. The van der Waals surface area contributed by atoms with Gasteiger partial charge in [-0.1, -0.05) is 29.4 Å². The highest BCUT2D eigenvalue weighted by molar-refractivity contribution is 5.90. The lowest BCUT2D eigenvalue weighted by Gasteiger charge is -2.31. The average Bonchev–Trinajstić information content (AvgIpc) is 3.29. The number of likely N-dealkylation sites (tertiary alicyclic amines) is 1. The van der Waals surface area contributed by atoms with E-state index in [-0.39, 0.29) is 18.2 Å². The molecule has 1 unspecified atom stereocenters. The molecule has 1 fully saturated rings. The number of halogens is 3. The number of aromatic nitrogens is 2. The molecule has 1 saturated heterocycles. The van der Waals surface area contributed by atoms with Gasteiger partial charge in [-0.3, -0.25) is 0 Å². The van der Waals surface area contributed by atoms with Crippen molar-refractivity contribution in [3.63, 3.8) is 0 Å². The van der Waals surface area contributed by atoms with Crippen LogP contribution in [0, 0.1) is 0 Å². The van der Waals surface area contributed by atoms with Gasteiger partial charge in [0.1, 0.15) is 5.75 Å². The third kappa shape index (κ3) is 4.68. The first-order chi connectivity index (χ1) is 15.3. The fraction of sp³-hybridized carbons (Fsp3) is 0.318. The van der Waals surface area contributed by atoms with Crippen LogP contribution in [0.25, 0.3) is 11.4 Å². The lowest BCUT2D eigenvalue weighted by molar-refractivity contribution is -0.136. The number of amides is 2. The smallest absolute Gasteiger partial charge is 0.418 e. The van der Waals surface area contributed by atoms with E-state index in [4.69, 9.17) is 9.26 Å². The molecule has 1 aromatic heterocycles. The lowest BCUT2D eigenvalue weighted by atomic mass is 9.98. The van der Waals surface area contributed by atoms with Crippen LogP contribution in [0.15, 0.2) is 53.1 Å². The molecule has 1 aliphatic rings. The molecule has 3 aromatic rings. The van der Waals surface area contributed by atoms with Crippen LogP contribution in [0.2, 0.25) is 0 Å². The van der Waals surface area contributed by atoms with Gasteiger partial charge in [-0.2, -0.15) is 18.2 Å². The molecule has 1 atom stereocenters. The fourth-order valence-corrected chi connectivity index (χ4v) is 3.68. The van der Waals surface area contributed by atoms with E-state index in [1.165, 1.54) is 23.1 Å². The molecule has 0 radical (unpaired) electrons. The number of anilines is 1. The number of urea groups is 1. The SMILES string of the molecule is COc1cccc(-c2noc(C3CCCN(C(=O)Nc4ccccc4C(F)(F)F)C3)n2)c1. The number of rotatable bonds is 4. The van der Waals surface area contributed by atoms with Crippen LogP contribution in [-0.4, -0.2) is 41.3 Å². The van der Waals surface area contributed by atoms with Gasteiger partial charge in [0.25, 0.3) is 0 Å². The summed E-state index contributed by atoms with van der Waals surface area (Å²) >= 11 is 0. The van der Waals surface area contributed by atoms with E-state index in [1.807, 2.05) is 12.1 Å². The molecule has 10 heteroatoms. The lowest BCUT2D eigenvalue weighted by Crippen LogP contribution is -2.42. The van der Waals surface area contributed by atoms with Gasteiger partial charge in [0.05, 0.1) is 24.3 Å². The zero-order valence-electron chi connectivity index (χ0n) is 17.2. The molecule has 0 aliphatic carbocycles. The Morgan fingerprint density at radius 3 is 2.81 bits per heavy atom. The van der Waals surface area contributed by atoms with Gasteiger partial charge in [-0.25, -0.2) is 4.79 Å². The Morgan fingerprint density at radius 2 is 2.03 bits per heavy atom. The highest BCUT2D eigenvalue weighted by atomic mass is 19.4. The van der Waals surface area contributed by atoms with E-state index in [0.717, 1.165) is 18.1 Å². The Bertz CT molecular complexity index is 1100. The third-order valence-electron chi connectivity index (χ3n) is 5.30. The van der Waals surface area contributed by atoms with Crippen molar-refractivity contribution in [1.29, 1.82) is 0 Å². The first kappa shape index (κ1) is 21.7. The molecule has 0 saturated carbocycles. The molecule has 1 aliphatic heterocycles. The molecular weight excluding hydrogens is 425 g/mol. The van der Waals surface area contributed by atoms with E-state index in [0.29, 0.717) is 30.4 Å². The standard InChI is InChI=1S/C22H21F3N4O3/c1-31-16-8-4-6-14(12-16)19-27-20(32-28-19)15-7-5-11-29(13-15)21(30)26-18-10-3-2-9-17(18)22(23,24)25/h2-4,6,8-10,12,15H,5,7,11,13H2,1H3,(H,26,30). The first-order valence-corrected chi connectivity index (χ1v) is 10.1. The topological polar surface area (TPSA) is 80.5 Å². The number of nitrogens with one attached hydrogen (secondary N) is 1. The summed E-state index contributed by atoms with van der Waals surface area (Å²) in [6.07, 6.45) is -3.17. The minimum Gasteiger partial charge on any atom is -0.497 e. The van der Waals surface area contributed by atoms with Crippen LogP contribution in [0.1, 0.15) is 30.2 Å². The number of carbonyl (C=O) groups excluding carboxylic acids is 1. The summed E-state index contributed by atoms with van der Waals surface area (Å²) in [4.78, 5) is 18.6. The molecule has 32 heavy (non-hydrogen) atoms. The first-order valence-electron chi connectivity index (χ1n) is 10.1. The van der Waals surface area contributed by atoms with Crippen molar-refractivity contribution in [2.24, 2.45) is 0 Å². The molecule has 7 nitrogen and oxygen atoms in total. The number of hydrogen-bond acceptors (Lipinski definition) is 5. The summed E-state index contributed by atoms with van der Waals surface area (Å²) in [6.45, 7) is 0.688. The number of piperidine rings is 1. The van der Waals surface area contributed by atoms with E-state index in [1.54, 1.807) is 19.2 Å². The number of methoxy groups -OCH3 is 1. The van der Waals surface area contributed by atoms with Gasteiger partial charge in [0.15, 0.2) is 0 Å². The summed E-state index contributed by atoms with van der Waals surface area (Å²) in [5.41, 5.74) is -0.430. The Balaban J connectivity index is 1.46. The minimum atomic E-state index is -4.56. The van der Waals surface area contributed by atoms with Crippen molar-refractivity contribution < 1.29 is 27.2 Å². The minimum absolute atomic E-state index is 0.209. The summed E-state index contributed by atoms with van der Waals surface area (Å²) in [5, 5.41) is 6.42. The molecule has 2 aromatic carbocycles. The number of hydrogen-bond donors (Lipinski definition) is 1. The Labute approximate surface area is 182 Å². The monoisotopic (exact) mass is 446 g/mol. The predicted octanol–water partition coefficient (Wildman–Crippen LogP) is 5.18. The summed E-state index contributed by atoms with van der Waals surface area (Å²) in [5.74, 6) is 1.24. The molecule has 168 valence electrons. The molecule has 1 N–H and O–H groups in total. The van der Waals surface area contributed by atoms with Crippen LogP contribution in [0.5, 0.6) is 5.75 Å². The predicted molar refractivity (Wildman–Crippen MR) is 110 cm³/mol. The zero-order valence-corrected chi connectivity index (χ0v) is 17.2. The maximum Gasteiger partial charge on any atom is 0.418 e. The fourth-order valence-electron chi connectivity index (χ4n) is 3.68. The summed E-state index contributed by atoms with van der Waals surface area (Å²) < 4.78 is 50.3. The van der Waals surface area contributed by atoms with Gasteiger partial charge >= 0.3 is 12.2 Å². The Morgan fingerprint density at radius 1 is 1.22 bits per heavy atom. The number of para-hydroxylation sites is 1. The van der Waals surface area contributed by atoms with Gasteiger partial charge < -0.3 is 19.5 Å². The van der Waals surface area contributed by atoms with Crippen molar-refractivity contribution >= 4 is 11.7 Å². The van der Waals surface area contributed by atoms with E-state index < -0.39 is 17.8 Å². The second-order valence-electron chi connectivity index (χ2n) is 7.45. The maximum absolute atomic E-state index is 13.2.